The molecule has 0 amide bonds. The van der Waals surface area contributed by atoms with Gasteiger partial charge < -0.3 is 0 Å². The van der Waals surface area contributed by atoms with Gasteiger partial charge in [0.25, 0.3) is 0 Å². The maximum atomic E-state index is 5.62. The molecule has 0 unspecified atom stereocenters. The first-order valence-corrected chi connectivity index (χ1v) is 15.6. The van der Waals surface area contributed by atoms with Crippen LogP contribution in [0.25, 0.3) is 77.3 Å². The molecule has 1 aliphatic rings. The fourth-order valence-electron chi connectivity index (χ4n) is 7.37. The average molecular weight is 575 g/mol. The van der Waals surface area contributed by atoms with Gasteiger partial charge in [-0.15, -0.1) is 0 Å². The Morgan fingerprint density at radius 1 is 0.444 bits per heavy atom. The van der Waals surface area contributed by atoms with E-state index in [4.69, 9.17) is 9.97 Å². The Bertz CT molecular complexity index is 2440. The van der Waals surface area contributed by atoms with Crippen molar-refractivity contribution in [2.45, 2.75) is 19.3 Å². The average Bonchev–Trinajstić information content (AvgIpc) is 3.33. The van der Waals surface area contributed by atoms with Crippen molar-refractivity contribution in [3.05, 3.63) is 157 Å². The maximum absolute atomic E-state index is 5.62. The third-order valence-corrected chi connectivity index (χ3v) is 9.65. The van der Waals surface area contributed by atoms with Crippen LogP contribution in [0.3, 0.4) is 0 Å². The molecule has 2 nitrogen and oxygen atoms in total. The lowest BCUT2D eigenvalue weighted by Crippen LogP contribution is -2.15. The molecule has 8 aromatic rings. The number of benzene rings is 7. The van der Waals surface area contributed by atoms with Gasteiger partial charge in [-0.05, 0) is 61.7 Å². The summed E-state index contributed by atoms with van der Waals surface area (Å²) in [6.45, 7) is 4.69. The van der Waals surface area contributed by atoms with E-state index in [1.807, 2.05) is 0 Å². The first kappa shape index (κ1) is 25.9. The first-order valence-electron chi connectivity index (χ1n) is 15.6. The standard InChI is InChI=1S/C43H30N2/c1-43(2)35-19-11-10-18-34(35)38-36(43)26-31-15-7-8-16-32(31)39(38)42-40(30-22-20-28(21-23-30)27-12-4-3-5-13-27)44-37-25-24-29-14-6-9-17-33(29)41(37)45-42/h3-26H,1-2H3. The molecule has 0 aliphatic heterocycles. The van der Waals surface area contributed by atoms with Crippen LogP contribution in [0.5, 0.6) is 0 Å². The maximum Gasteiger partial charge on any atom is 0.0985 e. The van der Waals surface area contributed by atoms with E-state index in [0.29, 0.717) is 0 Å². The van der Waals surface area contributed by atoms with Crippen LogP contribution in [0.15, 0.2) is 146 Å². The van der Waals surface area contributed by atoms with Gasteiger partial charge in [-0.1, -0.05) is 147 Å². The van der Waals surface area contributed by atoms with Crippen molar-refractivity contribution in [3.63, 3.8) is 0 Å². The third-order valence-electron chi connectivity index (χ3n) is 9.65. The summed E-state index contributed by atoms with van der Waals surface area (Å²) in [6.07, 6.45) is 0. The lowest BCUT2D eigenvalue weighted by molar-refractivity contribution is 0.661. The van der Waals surface area contributed by atoms with Gasteiger partial charge in [-0.2, -0.15) is 0 Å². The predicted octanol–water partition coefficient (Wildman–Crippen LogP) is 11.2. The van der Waals surface area contributed by atoms with Crippen molar-refractivity contribution in [1.29, 1.82) is 0 Å². The Morgan fingerprint density at radius 2 is 1.09 bits per heavy atom. The van der Waals surface area contributed by atoms with Crippen LogP contribution in [-0.4, -0.2) is 9.97 Å². The molecule has 0 saturated heterocycles. The molecule has 0 fully saturated rings. The fourth-order valence-corrected chi connectivity index (χ4v) is 7.37. The summed E-state index contributed by atoms with van der Waals surface area (Å²) in [4.78, 5) is 11.1. The number of hydrogen-bond donors (Lipinski definition) is 0. The summed E-state index contributed by atoms with van der Waals surface area (Å²) in [7, 11) is 0. The van der Waals surface area contributed by atoms with E-state index in [1.54, 1.807) is 0 Å². The van der Waals surface area contributed by atoms with Gasteiger partial charge >= 0.3 is 0 Å². The summed E-state index contributed by atoms with van der Waals surface area (Å²) in [5.41, 5.74) is 13.3. The van der Waals surface area contributed by atoms with Crippen molar-refractivity contribution in [3.8, 4) is 44.8 Å². The summed E-state index contributed by atoms with van der Waals surface area (Å²) < 4.78 is 0. The largest absolute Gasteiger partial charge is 0.244 e. The quantitative estimate of drug-likeness (QED) is 0.196. The molecular formula is C43H30N2. The second kappa shape index (κ2) is 9.70. The van der Waals surface area contributed by atoms with Crippen molar-refractivity contribution in [2.24, 2.45) is 0 Å². The predicted molar refractivity (Wildman–Crippen MR) is 188 cm³/mol. The molecule has 0 atom stereocenters. The Kier molecular flexibility index (Phi) is 5.58. The van der Waals surface area contributed by atoms with Crippen LogP contribution in [0, 0.1) is 0 Å². The van der Waals surface area contributed by atoms with E-state index < -0.39 is 0 Å². The zero-order valence-corrected chi connectivity index (χ0v) is 25.3. The molecular weight excluding hydrogens is 544 g/mol. The van der Waals surface area contributed by atoms with Gasteiger partial charge in [0, 0.05) is 21.9 Å². The SMILES string of the molecule is CC1(C)c2ccccc2-c2c1cc1ccccc1c2-c1nc2c(ccc3ccccc32)nc1-c1ccc(-c2ccccc2)cc1. The summed E-state index contributed by atoms with van der Waals surface area (Å²) in [6, 6.07) is 52.1. The number of aromatic nitrogens is 2. The van der Waals surface area contributed by atoms with Gasteiger partial charge in [0.2, 0.25) is 0 Å². The smallest absolute Gasteiger partial charge is 0.0985 e. The third kappa shape index (κ3) is 3.89. The van der Waals surface area contributed by atoms with Gasteiger partial charge in [0.1, 0.15) is 0 Å². The summed E-state index contributed by atoms with van der Waals surface area (Å²) >= 11 is 0. The number of rotatable bonds is 3. The second-order valence-corrected chi connectivity index (χ2v) is 12.6. The molecule has 0 saturated carbocycles. The Labute approximate surface area is 262 Å². The summed E-state index contributed by atoms with van der Waals surface area (Å²) in [5.74, 6) is 0. The molecule has 9 rings (SSSR count). The number of nitrogens with zero attached hydrogens (tertiary/aromatic N) is 2. The minimum Gasteiger partial charge on any atom is -0.244 e. The topological polar surface area (TPSA) is 25.8 Å². The Morgan fingerprint density at radius 3 is 1.91 bits per heavy atom. The van der Waals surface area contributed by atoms with E-state index in [0.717, 1.165) is 38.9 Å². The van der Waals surface area contributed by atoms with E-state index in [1.165, 1.54) is 49.5 Å². The van der Waals surface area contributed by atoms with Gasteiger partial charge in [0.15, 0.2) is 0 Å². The van der Waals surface area contributed by atoms with Crippen molar-refractivity contribution in [1.82, 2.24) is 9.97 Å². The Hall–Kier alpha value is -5.60. The number of hydrogen-bond acceptors (Lipinski definition) is 2. The first-order chi connectivity index (χ1) is 22.1. The molecule has 1 aromatic heterocycles. The van der Waals surface area contributed by atoms with E-state index in [2.05, 4.69) is 159 Å². The minimum absolute atomic E-state index is 0.140. The van der Waals surface area contributed by atoms with Crippen LogP contribution in [0.2, 0.25) is 0 Å². The molecule has 2 heteroatoms. The van der Waals surface area contributed by atoms with E-state index in [9.17, 15) is 0 Å². The molecule has 7 aromatic carbocycles. The summed E-state index contributed by atoms with van der Waals surface area (Å²) in [5, 5.41) is 4.70. The zero-order chi connectivity index (χ0) is 30.1. The van der Waals surface area contributed by atoms with E-state index in [-0.39, 0.29) is 5.41 Å². The van der Waals surface area contributed by atoms with Gasteiger partial charge in [-0.3, -0.25) is 0 Å². The van der Waals surface area contributed by atoms with E-state index >= 15 is 0 Å². The highest BCUT2D eigenvalue weighted by molar-refractivity contribution is 6.11. The molecule has 45 heavy (non-hydrogen) atoms. The minimum atomic E-state index is -0.140. The van der Waals surface area contributed by atoms with Gasteiger partial charge in [-0.25, -0.2) is 9.97 Å². The molecule has 0 bridgehead atoms. The van der Waals surface area contributed by atoms with Crippen LogP contribution in [0.4, 0.5) is 0 Å². The Balaban J connectivity index is 1.41. The lowest BCUT2D eigenvalue weighted by atomic mass is 9.80. The van der Waals surface area contributed by atoms with Crippen LogP contribution in [-0.2, 0) is 5.41 Å². The monoisotopic (exact) mass is 574 g/mol. The van der Waals surface area contributed by atoms with Crippen molar-refractivity contribution in [2.75, 3.05) is 0 Å². The second-order valence-electron chi connectivity index (χ2n) is 12.6. The van der Waals surface area contributed by atoms with Crippen LogP contribution >= 0.6 is 0 Å². The van der Waals surface area contributed by atoms with Crippen molar-refractivity contribution < 1.29 is 0 Å². The molecule has 212 valence electrons. The molecule has 0 spiro atoms. The highest BCUT2D eigenvalue weighted by Crippen LogP contribution is 2.55. The fraction of sp³-hybridized carbons (Fsp3) is 0.0698. The lowest BCUT2D eigenvalue weighted by Gasteiger charge is -2.23. The highest BCUT2D eigenvalue weighted by atomic mass is 14.8. The zero-order valence-electron chi connectivity index (χ0n) is 25.3. The highest BCUT2D eigenvalue weighted by Gasteiger charge is 2.38. The molecule has 1 heterocycles. The van der Waals surface area contributed by atoms with Crippen LogP contribution in [0.1, 0.15) is 25.0 Å². The normalized spacial score (nSPS) is 13.3. The molecule has 0 N–H and O–H groups in total. The van der Waals surface area contributed by atoms with Gasteiger partial charge in [0.05, 0.1) is 22.4 Å². The number of fused-ring (bicyclic) bond motifs is 7. The van der Waals surface area contributed by atoms with Crippen LogP contribution < -0.4 is 0 Å². The molecule has 0 radical (unpaired) electrons. The van der Waals surface area contributed by atoms with Crippen molar-refractivity contribution >= 4 is 32.6 Å². The molecule has 1 aliphatic carbocycles.